The second-order valence-corrected chi connectivity index (χ2v) is 8.10. The molecule has 0 bridgehead atoms. The molecule has 2 aromatic rings. The zero-order valence-electron chi connectivity index (χ0n) is 15.5. The Labute approximate surface area is 150 Å². The van der Waals surface area contributed by atoms with E-state index in [1.54, 1.807) is 22.7 Å². The van der Waals surface area contributed by atoms with Crippen LogP contribution in [0.15, 0.2) is 20.4 Å². The van der Waals surface area contributed by atoms with Gasteiger partial charge in [0.05, 0.1) is 11.4 Å². The van der Waals surface area contributed by atoms with E-state index in [0.29, 0.717) is 0 Å². The van der Waals surface area contributed by atoms with Crippen LogP contribution in [0.5, 0.6) is 0 Å². The first-order chi connectivity index (χ1) is 11.2. The highest BCUT2D eigenvalue weighted by Gasteiger charge is 2.03. The van der Waals surface area contributed by atoms with Crippen molar-refractivity contribution in [2.45, 2.75) is 41.5 Å². The van der Waals surface area contributed by atoms with Gasteiger partial charge in [0.1, 0.15) is 0 Å². The maximum atomic E-state index is 4.34. The summed E-state index contributed by atoms with van der Waals surface area (Å²) >= 11 is 3.27. The number of hydrogen-bond donors (Lipinski definition) is 0. The smallest absolute Gasteiger partial charge is 0.210 e. The molecule has 24 heavy (non-hydrogen) atoms. The van der Waals surface area contributed by atoms with Crippen molar-refractivity contribution in [3.63, 3.8) is 0 Å². The lowest BCUT2D eigenvalue weighted by Gasteiger charge is -1.96. The molecule has 0 unspecified atom stereocenters. The first-order valence-electron chi connectivity index (χ1n) is 7.65. The van der Waals surface area contributed by atoms with Gasteiger partial charge < -0.3 is 9.13 Å². The molecule has 0 aromatic carbocycles. The molecule has 2 aromatic heterocycles. The first-order valence-corrected chi connectivity index (χ1v) is 9.28. The molecule has 130 valence electrons. The number of nitrogens with zero attached hydrogens (tertiary/aromatic N) is 6. The summed E-state index contributed by atoms with van der Waals surface area (Å²) in [6, 6.07) is 0. The van der Waals surface area contributed by atoms with E-state index in [0.717, 1.165) is 21.0 Å². The third kappa shape index (κ3) is 3.81. The van der Waals surface area contributed by atoms with Crippen molar-refractivity contribution in [2.75, 3.05) is 0 Å². The number of hydrogen-bond acceptors (Lipinski definition) is 6. The van der Waals surface area contributed by atoms with Gasteiger partial charge in [0.2, 0.25) is 9.60 Å². The highest BCUT2D eigenvalue weighted by Crippen LogP contribution is 2.08. The molecule has 0 saturated heterocycles. The monoisotopic (exact) mass is 364 g/mol. The summed E-state index contributed by atoms with van der Waals surface area (Å²) in [7, 11) is 4.00. The summed E-state index contributed by atoms with van der Waals surface area (Å²) in [6.07, 6.45) is 0. The minimum absolute atomic E-state index is 0.759. The van der Waals surface area contributed by atoms with E-state index >= 15 is 0 Å². The fourth-order valence-corrected chi connectivity index (χ4v) is 3.70. The maximum absolute atomic E-state index is 4.34. The largest absolute Gasteiger partial charge is 0.322 e. The Bertz CT molecular complexity index is 868. The number of aryl methyl sites for hydroxylation is 2. The zero-order chi connectivity index (χ0) is 18.0. The molecule has 0 aliphatic carbocycles. The predicted octanol–water partition coefficient (Wildman–Crippen LogP) is 2.97. The lowest BCUT2D eigenvalue weighted by Crippen LogP contribution is -2.13. The van der Waals surface area contributed by atoms with E-state index in [9.17, 15) is 0 Å². The molecule has 6 nitrogen and oxygen atoms in total. The molecular weight excluding hydrogens is 340 g/mol. The predicted molar refractivity (Wildman–Crippen MR) is 103 cm³/mol. The molecule has 0 atom stereocenters. The summed E-state index contributed by atoms with van der Waals surface area (Å²) in [5, 5.41) is 17.3. The maximum Gasteiger partial charge on any atom is 0.210 e. The van der Waals surface area contributed by atoms with Gasteiger partial charge in [-0.1, -0.05) is 0 Å². The summed E-state index contributed by atoms with van der Waals surface area (Å²) in [6.45, 7) is 12.1. The molecule has 0 radical (unpaired) electrons. The highest BCUT2D eigenvalue weighted by atomic mass is 32.1. The molecule has 0 aliphatic rings. The Morgan fingerprint density at radius 2 is 1.04 bits per heavy atom. The molecule has 0 aliphatic heterocycles. The van der Waals surface area contributed by atoms with E-state index in [4.69, 9.17) is 0 Å². The fourth-order valence-electron chi connectivity index (χ4n) is 1.87. The van der Waals surface area contributed by atoms with Crippen LogP contribution >= 0.6 is 22.7 Å². The van der Waals surface area contributed by atoms with Gasteiger partial charge in [-0.15, -0.1) is 32.9 Å². The molecule has 0 amide bonds. The SMILES string of the molecule is CC(=NN=c1sc(C)c(C)n1C)C(C)=NN=c1sc(C)c(C)n1C. The average molecular weight is 365 g/mol. The van der Waals surface area contributed by atoms with Crippen LogP contribution < -0.4 is 9.60 Å². The Hall–Kier alpha value is -1.80. The Balaban J connectivity index is 2.33. The van der Waals surface area contributed by atoms with Crippen LogP contribution in [-0.4, -0.2) is 20.6 Å². The highest BCUT2D eigenvalue weighted by molar-refractivity contribution is 7.09. The molecule has 2 rings (SSSR count). The lowest BCUT2D eigenvalue weighted by atomic mass is 10.3. The molecule has 0 N–H and O–H groups in total. The van der Waals surface area contributed by atoms with Gasteiger partial charge in [-0.3, -0.25) is 0 Å². The summed E-state index contributed by atoms with van der Waals surface area (Å²) in [5.41, 5.74) is 3.94. The van der Waals surface area contributed by atoms with E-state index in [1.165, 1.54) is 21.1 Å². The van der Waals surface area contributed by atoms with Gasteiger partial charge in [-0.25, -0.2) is 0 Å². The number of thiazole rings is 2. The fraction of sp³-hybridized carbons (Fsp3) is 0.500. The Morgan fingerprint density at radius 3 is 1.29 bits per heavy atom. The normalized spacial score (nSPS) is 14.8. The van der Waals surface area contributed by atoms with Gasteiger partial charge in [-0.2, -0.15) is 10.2 Å². The summed E-state index contributed by atoms with van der Waals surface area (Å²) in [4.78, 5) is 4.26. The summed E-state index contributed by atoms with van der Waals surface area (Å²) < 4.78 is 4.09. The van der Waals surface area contributed by atoms with E-state index < -0.39 is 0 Å². The van der Waals surface area contributed by atoms with Crippen molar-refractivity contribution in [1.82, 2.24) is 9.13 Å². The standard InChI is InChI=1S/C16H24N6S2/c1-9(17-19-15-21(7)11(3)13(5)23-15)10(2)18-20-16-22(8)12(4)14(6)24-16/h1-8H3. The van der Waals surface area contributed by atoms with Crippen LogP contribution in [0.2, 0.25) is 0 Å². The molecule has 8 heteroatoms. The van der Waals surface area contributed by atoms with Crippen molar-refractivity contribution in [3.05, 3.63) is 30.7 Å². The topological polar surface area (TPSA) is 59.3 Å². The van der Waals surface area contributed by atoms with Gasteiger partial charge in [0, 0.05) is 35.2 Å². The van der Waals surface area contributed by atoms with E-state index in [-0.39, 0.29) is 0 Å². The van der Waals surface area contributed by atoms with Gasteiger partial charge in [-0.05, 0) is 41.5 Å². The van der Waals surface area contributed by atoms with Crippen molar-refractivity contribution in [1.29, 1.82) is 0 Å². The lowest BCUT2D eigenvalue weighted by molar-refractivity contribution is 0.815. The zero-order valence-corrected chi connectivity index (χ0v) is 17.1. The Kier molecular flexibility index (Phi) is 5.71. The molecule has 0 fully saturated rings. The van der Waals surface area contributed by atoms with E-state index in [1.807, 2.05) is 37.1 Å². The minimum atomic E-state index is 0.759. The second-order valence-electron chi connectivity index (χ2n) is 5.74. The number of aromatic nitrogens is 2. The van der Waals surface area contributed by atoms with Crippen LogP contribution in [0.3, 0.4) is 0 Å². The summed E-state index contributed by atoms with van der Waals surface area (Å²) in [5.74, 6) is 0. The van der Waals surface area contributed by atoms with Crippen LogP contribution in [0.4, 0.5) is 0 Å². The number of rotatable bonds is 3. The van der Waals surface area contributed by atoms with Crippen molar-refractivity contribution in [2.24, 2.45) is 34.5 Å². The van der Waals surface area contributed by atoms with Crippen molar-refractivity contribution < 1.29 is 0 Å². The quantitative estimate of drug-likeness (QED) is 0.594. The van der Waals surface area contributed by atoms with Crippen molar-refractivity contribution in [3.8, 4) is 0 Å². The molecule has 0 spiro atoms. The first kappa shape index (κ1) is 18.5. The Morgan fingerprint density at radius 1 is 0.708 bits per heavy atom. The van der Waals surface area contributed by atoms with Gasteiger partial charge in [0.25, 0.3) is 0 Å². The third-order valence-corrected chi connectivity index (χ3v) is 6.46. The van der Waals surface area contributed by atoms with Gasteiger partial charge >= 0.3 is 0 Å². The van der Waals surface area contributed by atoms with Crippen molar-refractivity contribution >= 4 is 34.1 Å². The second kappa shape index (κ2) is 7.40. The van der Waals surface area contributed by atoms with Crippen LogP contribution in [-0.2, 0) is 14.1 Å². The van der Waals surface area contributed by atoms with Crippen LogP contribution in [0.25, 0.3) is 0 Å². The van der Waals surface area contributed by atoms with Gasteiger partial charge in [0.15, 0.2) is 0 Å². The molecule has 0 saturated carbocycles. The van der Waals surface area contributed by atoms with Crippen LogP contribution in [0.1, 0.15) is 35.0 Å². The van der Waals surface area contributed by atoms with E-state index in [2.05, 4.69) is 48.1 Å². The minimum Gasteiger partial charge on any atom is -0.322 e. The molecule has 2 heterocycles. The molecular formula is C16H24N6S2. The average Bonchev–Trinajstić information content (AvgIpc) is 2.94. The van der Waals surface area contributed by atoms with Crippen LogP contribution in [0, 0.1) is 27.7 Å². The third-order valence-electron chi connectivity index (χ3n) is 4.18.